The summed E-state index contributed by atoms with van der Waals surface area (Å²) in [5, 5.41) is 2.66. The van der Waals surface area contributed by atoms with Crippen molar-refractivity contribution in [1.82, 2.24) is 4.98 Å². The largest absolute Gasteiger partial charge is 0.496 e. The third-order valence-corrected chi connectivity index (χ3v) is 3.87. The molecule has 0 fully saturated rings. The summed E-state index contributed by atoms with van der Waals surface area (Å²) in [5.41, 5.74) is 11.4. The molecule has 1 unspecified atom stereocenters. The second-order valence-corrected chi connectivity index (χ2v) is 5.27. The predicted octanol–water partition coefficient (Wildman–Crippen LogP) is 3.80. The molecule has 18 heavy (non-hydrogen) atoms. The van der Waals surface area contributed by atoms with Gasteiger partial charge in [-0.1, -0.05) is 11.6 Å². The quantitative estimate of drug-likeness (QED) is 0.931. The summed E-state index contributed by atoms with van der Waals surface area (Å²) in [6.45, 7) is 3.87. The molecule has 0 saturated carbocycles. The van der Waals surface area contributed by atoms with E-state index in [2.05, 4.69) is 4.98 Å². The van der Waals surface area contributed by atoms with Crippen LogP contribution in [-0.4, -0.2) is 12.1 Å². The van der Waals surface area contributed by atoms with Crippen molar-refractivity contribution in [3.8, 4) is 17.0 Å². The van der Waals surface area contributed by atoms with Crippen LogP contribution in [0.2, 0.25) is 5.02 Å². The van der Waals surface area contributed by atoms with Gasteiger partial charge in [-0.2, -0.15) is 0 Å². The number of ether oxygens (including phenoxy) is 1. The normalized spacial score (nSPS) is 12.5. The van der Waals surface area contributed by atoms with E-state index in [1.54, 1.807) is 24.0 Å². The van der Waals surface area contributed by atoms with Crippen molar-refractivity contribution in [2.75, 3.05) is 7.11 Å². The number of nitrogens with two attached hydrogens (primary N) is 1. The molecule has 5 heteroatoms. The number of rotatable bonds is 3. The van der Waals surface area contributed by atoms with Gasteiger partial charge in [-0.05, 0) is 25.5 Å². The summed E-state index contributed by atoms with van der Waals surface area (Å²) in [6.07, 6.45) is 0. The van der Waals surface area contributed by atoms with Gasteiger partial charge in [0, 0.05) is 27.6 Å². The summed E-state index contributed by atoms with van der Waals surface area (Å²) in [7, 11) is 1.64. The molecular weight excluding hydrogens is 268 g/mol. The molecule has 0 bridgehead atoms. The van der Waals surface area contributed by atoms with Gasteiger partial charge in [0.05, 0.1) is 18.3 Å². The van der Waals surface area contributed by atoms with E-state index in [1.807, 2.05) is 25.3 Å². The van der Waals surface area contributed by atoms with Crippen molar-refractivity contribution >= 4 is 22.9 Å². The molecule has 0 saturated heterocycles. The average molecular weight is 283 g/mol. The molecule has 0 amide bonds. The number of hydrogen-bond donors (Lipinski definition) is 1. The summed E-state index contributed by atoms with van der Waals surface area (Å²) >= 11 is 7.81. The Balaban J connectivity index is 2.77. The molecule has 2 aromatic rings. The average Bonchev–Trinajstić information content (AvgIpc) is 2.84. The third kappa shape index (κ3) is 2.23. The molecule has 1 heterocycles. The van der Waals surface area contributed by atoms with Gasteiger partial charge in [-0.3, -0.25) is 0 Å². The molecule has 0 aliphatic rings. The minimum atomic E-state index is -0.143. The highest BCUT2D eigenvalue weighted by atomic mass is 35.5. The van der Waals surface area contributed by atoms with Crippen molar-refractivity contribution < 1.29 is 4.74 Å². The maximum absolute atomic E-state index is 6.27. The Morgan fingerprint density at radius 2 is 2.22 bits per heavy atom. The first-order valence-electron chi connectivity index (χ1n) is 5.57. The fourth-order valence-electron chi connectivity index (χ4n) is 1.95. The van der Waals surface area contributed by atoms with Gasteiger partial charge in [-0.15, -0.1) is 11.3 Å². The zero-order valence-corrected chi connectivity index (χ0v) is 12.1. The fourth-order valence-corrected chi connectivity index (χ4v) is 2.70. The number of benzene rings is 1. The maximum atomic E-state index is 6.27. The van der Waals surface area contributed by atoms with Crippen LogP contribution in [0.3, 0.4) is 0 Å². The van der Waals surface area contributed by atoms with E-state index in [9.17, 15) is 0 Å². The Hall–Kier alpha value is -1.10. The number of nitrogens with zero attached hydrogens (tertiary/aromatic N) is 1. The predicted molar refractivity (Wildman–Crippen MR) is 76.5 cm³/mol. The van der Waals surface area contributed by atoms with Gasteiger partial charge in [-0.25, -0.2) is 4.98 Å². The van der Waals surface area contributed by atoms with Crippen LogP contribution in [0, 0.1) is 6.92 Å². The van der Waals surface area contributed by atoms with Gasteiger partial charge in [0.25, 0.3) is 0 Å². The minimum absolute atomic E-state index is 0.143. The second-order valence-electron chi connectivity index (χ2n) is 4.14. The molecule has 1 atom stereocenters. The maximum Gasteiger partial charge on any atom is 0.133 e. The highest BCUT2D eigenvalue weighted by Gasteiger charge is 2.20. The molecule has 2 N–H and O–H groups in total. The number of hydrogen-bond acceptors (Lipinski definition) is 4. The lowest BCUT2D eigenvalue weighted by molar-refractivity contribution is 0.408. The lowest BCUT2D eigenvalue weighted by Gasteiger charge is -2.18. The van der Waals surface area contributed by atoms with Gasteiger partial charge in [0.1, 0.15) is 5.75 Å². The van der Waals surface area contributed by atoms with Crippen molar-refractivity contribution in [3.63, 3.8) is 0 Å². The fraction of sp³-hybridized carbons (Fsp3) is 0.308. The Kier molecular flexibility index (Phi) is 3.90. The van der Waals surface area contributed by atoms with Gasteiger partial charge < -0.3 is 10.5 Å². The first-order valence-corrected chi connectivity index (χ1v) is 6.89. The van der Waals surface area contributed by atoms with Crippen LogP contribution in [0.4, 0.5) is 0 Å². The number of halogens is 1. The van der Waals surface area contributed by atoms with E-state index in [0.717, 1.165) is 28.1 Å². The lowest BCUT2D eigenvalue weighted by Crippen LogP contribution is -2.08. The molecule has 3 nitrogen and oxygen atoms in total. The zero-order valence-electron chi connectivity index (χ0n) is 10.5. The van der Waals surface area contributed by atoms with Gasteiger partial charge >= 0.3 is 0 Å². The second kappa shape index (κ2) is 5.26. The van der Waals surface area contributed by atoms with E-state index >= 15 is 0 Å². The van der Waals surface area contributed by atoms with Crippen LogP contribution >= 0.6 is 22.9 Å². The van der Waals surface area contributed by atoms with E-state index in [1.165, 1.54) is 0 Å². The molecule has 0 radical (unpaired) electrons. The molecule has 0 aliphatic carbocycles. The SMILES string of the molecule is COc1c(C(C)N)cc(Cl)c(C)c1-c1cscn1. The standard InChI is InChI=1S/C13H15ClN2OS/c1-7-10(14)4-9(8(2)15)13(17-3)12(7)11-5-18-6-16-11/h4-6,8H,15H2,1-3H3. The third-order valence-electron chi connectivity index (χ3n) is 2.89. The van der Waals surface area contributed by atoms with Crippen LogP contribution in [0.15, 0.2) is 17.0 Å². The summed E-state index contributed by atoms with van der Waals surface area (Å²) in [4.78, 5) is 4.34. The van der Waals surface area contributed by atoms with Crippen LogP contribution in [-0.2, 0) is 0 Å². The van der Waals surface area contributed by atoms with Crippen LogP contribution in [0.1, 0.15) is 24.1 Å². The number of thiazole rings is 1. The first kappa shape index (κ1) is 13.3. The van der Waals surface area contributed by atoms with Gasteiger partial charge in [0.15, 0.2) is 0 Å². The molecular formula is C13H15ClN2OS. The van der Waals surface area contributed by atoms with Crippen molar-refractivity contribution in [1.29, 1.82) is 0 Å². The van der Waals surface area contributed by atoms with Crippen LogP contribution < -0.4 is 10.5 Å². The van der Waals surface area contributed by atoms with E-state index in [-0.39, 0.29) is 6.04 Å². The Morgan fingerprint density at radius 3 is 2.72 bits per heavy atom. The summed E-state index contributed by atoms with van der Waals surface area (Å²) in [6, 6.07) is 1.73. The monoisotopic (exact) mass is 282 g/mol. The Morgan fingerprint density at radius 1 is 1.50 bits per heavy atom. The molecule has 1 aromatic carbocycles. The number of methoxy groups -OCH3 is 1. The first-order chi connectivity index (χ1) is 8.56. The molecule has 1 aromatic heterocycles. The van der Waals surface area contributed by atoms with E-state index in [4.69, 9.17) is 22.1 Å². The van der Waals surface area contributed by atoms with Gasteiger partial charge in [0.2, 0.25) is 0 Å². The summed E-state index contributed by atoms with van der Waals surface area (Å²) in [5.74, 6) is 0.762. The highest BCUT2D eigenvalue weighted by molar-refractivity contribution is 7.07. The van der Waals surface area contributed by atoms with Crippen LogP contribution in [0.25, 0.3) is 11.3 Å². The topological polar surface area (TPSA) is 48.1 Å². The zero-order chi connectivity index (χ0) is 13.3. The number of aromatic nitrogens is 1. The lowest BCUT2D eigenvalue weighted by atomic mass is 9.97. The molecule has 96 valence electrons. The summed E-state index contributed by atoms with van der Waals surface area (Å²) < 4.78 is 5.52. The van der Waals surface area contributed by atoms with Crippen molar-refractivity contribution in [2.45, 2.75) is 19.9 Å². The van der Waals surface area contributed by atoms with E-state index < -0.39 is 0 Å². The van der Waals surface area contributed by atoms with Crippen molar-refractivity contribution in [2.24, 2.45) is 5.73 Å². The smallest absolute Gasteiger partial charge is 0.133 e. The molecule has 0 aliphatic heterocycles. The minimum Gasteiger partial charge on any atom is -0.496 e. The van der Waals surface area contributed by atoms with E-state index in [0.29, 0.717) is 5.02 Å². The molecule has 0 spiro atoms. The Bertz CT molecular complexity index is 553. The van der Waals surface area contributed by atoms with Crippen LogP contribution in [0.5, 0.6) is 5.75 Å². The molecule has 2 rings (SSSR count). The Labute approximate surface area is 116 Å². The highest BCUT2D eigenvalue weighted by Crippen LogP contribution is 2.41. The van der Waals surface area contributed by atoms with Crippen molar-refractivity contribution in [3.05, 3.63) is 33.1 Å².